The Kier molecular flexibility index (Phi) is 3.90. The third kappa shape index (κ3) is 2.72. The number of sulfonamides is 1. The summed E-state index contributed by atoms with van der Waals surface area (Å²) in [5, 5.41) is 4.44. The molecule has 0 aromatic carbocycles. The smallest absolute Gasteiger partial charge is 0.264 e. The summed E-state index contributed by atoms with van der Waals surface area (Å²) in [6.45, 7) is 4.66. The van der Waals surface area contributed by atoms with Crippen LogP contribution in [0.25, 0.3) is 0 Å². The molecular weight excluding hydrogens is 300 g/mol. The van der Waals surface area contributed by atoms with Gasteiger partial charge in [0.25, 0.3) is 10.0 Å². The number of rotatable bonds is 6. The van der Waals surface area contributed by atoms with Gasteiger partial charge >= 0.3 is 0 Å². The SMILES string of the molecule is CCN(c1cccnc1C)S(=O)(=O)c1ccnn1CC1CC1. The summed E-state index contributed by atoms with van der Waals surface area (Å²) in [6.07, 6.45) is 5.52. The lowest BCUT2D eigenvalue weighted by Crippen LogP contribution is -2.33. The standard InChI is InChI=1S/C15H20N4O2S/c1-3-19(14-5-4-9-16-12(14)2)22(20,21)15-8-10-17-18(15)11-13-6-7-13/h4-5,8-10,13H,3,6-7,11H2,1-2H3. The van der Waals surface area contributed by atoms with Crippen molar-refractivity contribution in [3.63, 3.8) is 0 Å². The zero-order valence-corrected chi connectivity index (χ0v) is 13.6. The summed E-state index contributed by atoms with van der Waals surface area (Å²) in [6, 6.07) is 5.11. The van der Waals surface area contributed by atoms with Crippen molar-refractivity contribution >= 4 is 15.7 Å². The van der Waals surface area contributed by atoms with Crippen molar-refractivity contribution in [3.8, 4) is 0 Å². The fraction of sp³-hybridized carbons (Fsp3) is 0.467. The fourth-order valence-corrected chi connectivity index (χ4v) is 4.18. The summed E-state index contributed by atoms with van der Waals surface area (Å²) in [7, 11) is -3.64. The van der Waals surface area contributed by atoms with Crippen molar-refractivity contribution in [2.45, 2.75) is 38.3 Å². The Bertz CT molecular complexity index is 765. The molecule has 1 fully saturated rings. The van der Waals surface area contributed by atoms with Gasteiger partial charge in [-0.15, -0.1) is 0 Å². The van der Waals surface area contributed by atoms with Crippen molar-refractivity contribution in [3.05, 3.63) is 36.3 Å². The molecule has 22 heavy (non-hydrogen) atoms. The predicted octanol–water partition coefficient (Wildman–Crippen LogP) is 2.21. The first-order chi connectivity index (χ1) is 10.5. The van der Waals surface area contributed by atoms with Gasteiger partial charge in [0.15, 0.2) is 5.03 Å². The lowest BCUT2D eigenvalue weighted by atomic mass is 10.3. The van der Waals surface area contributed by atoms with Crippen LogP contribution in [0.2, 0.25) is 0 Å². The molecule has 0 unspecified atom stereocenters. The molecule has 0 spiro atoms. The fourth-order valence-electron chi connectivity index (χ4n) is 2.54. The molecule has 118 valence electrons. The molecule has 0 bridgehead atoms. The highest BCUT2D eigenvalue weighted by molar-refractivity contribution is 7.92. The molecule has 7 heteroatoms. The van der Waals surface area contributed by atoms with E-state index in [0.29, 0.717) is 30.4 Å². The minimum atomic E-state index is -3.64. The molecular formula is C15H20N4O2S. The summed E-state index contributed by atoms with van der Waals surface area (Å²) in [5.41, 5.74) is 1.31. The molecule has 0 N–H and O–H groups in total. The number of pyridine rings is 1. The number of anilines is 1. The van der Waals surface area contributed by atoms with Gasteiger partial charge < -0.3 is 0 Å². The maximum Gasteiger partial charge on any atom is 0.281 e. The quantitative estimate of drug-likeness (QED) is 0.818. The van der Waals surface area contributed by atoms with Gasteiger partial charge in [-0.1, -0.05) is 0 Å². The molecule has 1 saturated carbocycles. The van der Waals surface area contributed by atoms with Crippen molar-refractivity contribution in [2.24, 2.45) is 5.92 Å². The number of nitrogens with zero attached hydrogens (tertiary/aromatic N) is 4. The Hall–Kier alpha value is -1.89. The van der Waals surface area contributed by atoms with Gasteiger partial charge in [0.05, 0.1) is 17.6 Å². The van der Waals surface area contributed by atoms with Crippen LogP contribution in [0.15, 0.2) is 35.6 Å². The minimum Gasteiger partial charge on any atom is -0.264 e. The molecule has 0 radical (unpaired) electrons. The van der Waals surface area contributed by atoms with E-state index in [9.17, 15) is 8.42 Å². The number of hydrogen-bond donors (Lipinski definition) is 0. The van der Waals surface area contributed by atoms with E-state index in [2.05, 4.69) is 10.1 Å². The van der Waals surface area contributed by atoms with Gasteiger partial charge in [0, 0.05) is 19.3 Å². The number of aryl methyl sites for hydroxylation is 1. The highest BCUT2D eigenvalue weighted by atomic mass is 32.2. The Balaban J connectivity index is 2.00. The molecule has 1 aliphatic carbocycles. The van der Waals surface area contributed by atoms with Gasteiger partial charge in [-0.2, -0.15) is 13.5 Å². The van der Waals surface area contributed by atoms with Gasteiger partial charge in [0.1, 0.15) is 0 Å². The van der Waals surface area contributed by atoms with E-state index in [1.807, 2.05) is 13.8 Å². The first-order valence-electron chi connectivity index (χ1n) is 7.50. The molecule has 2 heterocycles. The van der Waals surface area contributed by atoms with Crippen LogP contribution < -0.4 is 4.31 Å². The molecule has 0 aliphatic heterocycles. The normalized spacial score (nSPS) is 15.0. The lowest BCUT2D eigenvalue weighted by molar-refractivity contribution is 0.505. The average Bonchev–Trinajstić information content (AvgIpc) is 3.16. The molecule has 0 amide bonds. The van der Waals surface area contributed by atoms with Gasteiger partial charge in [-0.3, -0.25) is 14.0 Å². The maximum atomic E-state index is 13.0. The zero-order chi connectivity index (χ0) is 15.7. The van der Waals surface area contributed by atoms with E-state index in [0.717, 1.165) is 12.8 Å². The molecule has 6 nitrogen and oxygen atoms in total. The van der Waals surface area contributed by atoms with Gasteiger partial charge in [-0.25, -0.2) is 0 Å². The first-order valence-corrected chi connectivity index (χ1v) is 8.94. The molecule has 2 aromatic rings. The lowest BCUT2D eigenvalue weighted by Gasteiger charge is -2.24. The van der Waals surface area contributed by atoms with E-state index >= 15 is 0 Å². The van der Waals surface area contributed by atoms with Crippen molar-refractivity contribution < 1.29 is 8.42 Å². The van der Waals surface area contributed by atoms with E-state index in [-0.39, 0.29) is 5.03 Å². The first kappa shape index (κ1) is 15.0. The number of aromatic nitrogens is 3. The summed E-state index contributed by atoms with van der Waals surface area (Å²) in [4.78, 5) is 4.20. The Labute approximate surface area is 130 Å². The minimum absolute atomic E-state index is 0.254. The van der Waals surface area contributed by atoms with Crippen molar-refractivity contribution in [1.82, 2.24) is 14.8 Å². The molecule has 1 aliphatic rings. The van der Waals surface area contributed by atoms with Crippen LogP contribution in [0.1, 0.15) is 25.5 Å². The largest absolute Gasteiger partial charge is 0.281 e. The molecule has 0 saturated heterocycles. The predicted molar refractivity (Wildman–Crippen MR) is 84.1 cm³/mol. The van der Waals surface area contributed by atoms with E-state index in [1.165, 1.54) is 4.31 Å². The highest BCUT2D eigenvalue weighted by Gasteiger charge is 2.30. The second-order valence-corrected chi connectivity index (χ2v) is 7.38. The van der Waals surface area contributed by atoms with Gasteiger partial charge in [-0.05, 0) is 50.8 Å². The Morgan fingerprint density at radius 3 is 2.73 bits per heavy atom. The van der Waals surface area contributed by atoms with Gasteiger partial charge in [0.2, 0.25) is 0 Å². The van der Waals surface area contributed by atoms with E-state index in [4.69, 9.17) is 0 Å². The summed E-state index contributed by atoms with van der Waals surface area (Å²) >= 11 is 0. The van der Waals surface area contributed by atoms with Crippen LogP contribution in [-0.2, 0) is 16.6 Å². The average molecular weight is 320 g/mol. The van der Waals surface area contributed by atoms with Crippen LogP contribution >= 0.6 is 0 Å². The molecule has 0 atom stereocenters. The monoisotopic (exact) mass is 320 g/mol. The third-order valence-electron chi connectivity index (χ3n) is 3.89. The van der Waals surface area contributed by atoms with E-state index < -0.39 is 10.0 Å². The Morgan fingerprint density at radius 2 is 2.09 bits per heavy atom. The second-order valence-electron chi connectivity index (χ2n) is 5.57. The maximum absolute atomic E-state index is 13.0. The second kappa shape index (κ2) is 5.72. The zero-order valence-electron chi connectivity index (χ0n) is 12.8. The molecule has 2 aromatic heterocycles. The van der Waals surface area contributed by atoms with Crippen LogP contribution in [0.5, 0.6) is 0 Å². The summed E-state index contributed by atoms with van der Waals surface area (Å²) in [5.74, 6) is 0.559. The van der Waals surface area contributed by atoms with E-state index in [1.54, 1.807) is 35.3 Å². The topological polar surface area (TPSA) is 68.1 Å². The van der Waals surface area contributed by atoms with Crippen molar-refractivity contribution in [1.29, 1.82) is 0 Å². The van der Waals surface area contributed by atoms with Crippen LogP contribution in [-0.4, -0.2) is 29.7 Å². The van der Waals surface area contributed by atoms with Crippen LogP contribution in [0.4, 0.5) is 5.69 Å². The number of hydrogen-bond acceptors (Lipinski definition) is 4. The Morgan fingerprint density at radius 1 is 1.32 bits per heavy atom. The van der Waals surface area contributed by atoms with Crippen molar-refractivity contribution in [2.75, 3.05) is 10.8 Å². The third-order valence-corrected chi connectivity index (χ3v) is 5.81. The molecule has 3 rings (SSSR count). The van der Waals surface area contributed by atoms with Crippen LogP contribution in [0, 0.1) is 12.8 Å². The highest BCUT2D eigenvalue weighted by Crippen LogP contribution is 2.32. The summed E-state index contributed by atoms with van der Waals surface area (Å²) < 4.78 is 29.1. The van der Waals surface area contributed by atoms with Crippen LogP contribution in [0.3, 0.4) is 0 Å².